The van der Waals surface area contributed by atoms with E-state index < -0.39 is 35.1 Å². The van der Waals surface area contributed by atoms with Crippen LogP contribution >= 0.6 is 0 Å². The van der Waals surface area contributed by atoms with Crippen LogP contribution in [-0.4, -0.2) is 17.8 Å². The Labute approximate surface area is 163 Å². The van der Waals surface area contributed by atoms with Crippen molar-refractivity contribution in [3.8, 4) is 11.3 Å². The summed E-state index contributed by atoms with van der Waals surface area (Å²) >= 11 is 0. The molecule has 1 N–H and O–H groups in total. The van der Waals surface area contributed by atoms with Gasteiger partial charge in [0.2, 0.25) is 0 Å². The van der Waals surface area contributed by atoms with Gasteiger partial charge in [0.05, 0.1) is 5.69 Å². The van der Waals surface area contributed by atoms with E-state index in [1.54, 1.807) is 6.07 Å². The van der Waals surface area contributed by atoms with Gasteiger partial charge in [-0.15, -0.1) is 0 Å². The molecule has 1 aliphatic heterocycles. The summed E-state index contributed by atoms with van der Waals surface area (Å²) in [6.45, 7) is 0. The number of anilines is 1. The normalized spacial score (nSPS) is 15.7. The SMILES string of the molecule is O=C1NC(=O)N(c2ccccc2F)C(=O)/C1=C/c1ccc(-c2ccc(F)cc2)o1. The molecule has 29 heavy (non-hydrogen) atoms. The van der Waals surface area contributed by atoms with E-state index in [9.17, 15) is 23.2 Å². The van der Waals surface area contributed by atoms with Gasteiger partial charge in [0, 0.05) is 5.56 Å². The number of carbonyl (C=O) groups excluding carboxylic acids is 3. The van der Waals surface area contributed by atoms with E-state index in [4.69, 9.17) is 4.42 Å². The Balaban J connectivity index is 1.68. The lowest BCUT2D eigenvalue weighted by atomic mass is 10.1. The first-order chi connectivity index (χ1) is 13.9. The maximum Gasteiger partial charge on any atom is 0.336 e. The Hall–Kier alpha value is -4.07. The number of imide groups is 2. The molecular weight excluding hydrogens is 382 g/mol. The van der Waals surface area contributed by atoms with Crippen molar-refractivity contribution in [3.63, 3.8) is 0 Å². The second-order valence-electron chi connectivity index (χ2n) is 6.12. The lowest BCUT2D eigenvalue weighted by molar-refractivity contribution is -0.122. The van der Waals surface area contributed by atoms with Crippen LogP contribution in [0.1, 0.15) is 5.76 Å². The van der Waals surface area contributed by atoms with Crippen LogP contribution in [0.25, 0.3) is 17.4 Å². The van der Waals surface area contributed by atoms with Crippen LogP contribution in [0.2, 0.25) is 0 Å². The summed E-state index contributed by atoms with van der Waals surface area (Å²) in [5.41, 5.74) is -0.0775. The maximum absolute atomic E-state index is 14.1. The van der Waals surface area contributed by atoms with Gasteiger partial charge in [-0.25, -0.2) is 18.5 Å². The smallest absolute Gasteiger partial charge is 0.336 e. The van der Waals surface area contributed by atoms with Crippen molar-refractivity contribution in [2.75, 3.05) is 4.90 Å². The van der Waals surface area contributed by atoms with Crippen LogP contribution in [0.3, 0.4) is 0 Å². The maximum atomic E-state index is 14.1. The van der Waals surface area contributed by atoms with Crippen molar-refractivity contribution in [1.82, 2.24) is 5.32 Å². The largest absolute Gasteiger partial charge is 0.457 e. The number of urea groups is 1. The summed E-state index contributed by atoms with van der Waals surface area (Å²) in [7, 11) is 0. The van der Waals surface area contributed by atoms with Crippen LogP contribution in [0.4, 0.5) is 19.3 Å². The lowest BCUT2D eigenvalue weighted by Gasteiger charge is -2.26. The van der Waals surface area contributed by atoms with Crippen molar-refractivity contribution < 1.29 is 27.6 Å². The predicted molar refractivity (Wildman–Crippen MR) is 99.5 cm³/mol. The highest BCUT2D eigenvalue weighted by atomic mass is 19.1. The molecule has 1 saturated heterocycles. The zero-order valence-electron chi connectivity index (χ0n) is 14.7. The van der Waals surface area contributed by atoms with Crippen molar-refractivity contribution in [3.05, 3.63) is 83.6 Å². The Morgan fingerprint density at radius 2 is 1.62 bits per heavy atom. The number of rotatable bonds is 3. The molecule has 8 heteroatoms. The first kappa shape index (κ1) is 18.3. The summed E-state index contributed by atoms with van der Waals surface area (Å²) in [6, 6.07) is 12.8. The fourth-order valence-corrected chi connectivity index (χ4v) is 2.85. The van der Waals surface area contributed by atoms with Gasteiger partial charge in [-0.1, -0.05) is 12.1 Å². The van der Waals surface area contributed by atoms with E-state index in [0.717, 1.165) is 12.1 Å². The third kappa shape index (κ3) is 3.43. The molecule has 0 aliphatic carbocycles. The minimum atomic E-state index is -1.05. The summed E-state index contributed by atoms with van der Waals surface area (Å²) in [5, 5.41) is 2.01. The topological polar surface area (TPSA) is 79.6 Å². The molecule has 0 atom stereocenters. The van der Waals surface area contributed by atoms with E-state index in [0.29, 0.717) is 16.2 Å². The number of barbiturate groups is 1. The zero-order chi connectivity index (χ0) is 20.5. The second kappa shape index (κ2) is 7.16. The molecule has 2 aromatic carbocycles. The standard InChI is InChI=1S/C21H12F2N2O4/c22-13-7-5-12(6-8-13)18-10-9-14(29-18)11-15-19(26)24-21(28)25(20(15)27)17-4-2-1-3-16(17)23/h1-11H,(H,24,26,28)/b15-11+. The molecule has 0 saturated carbocycles. The van der Waals surface area contributed by atoms with Crippen LogP contribution in [-0.2, 0) is 9.59 Å². The molecule has 0 radical (unpaired) electrons. The fraction of sp³-hybridized carbons (Fsp3) is 0. The molecule has 4 amide bonds. The van der Waals surface area contributed by atoms with Crippen molar-refractivity contribution in [1.29, 1.82) is 0 Å². The molecule has 3 aromatic rings. The molecule has 144 valence electrons. The van der Waals surface area contributed by atoms with E-state index in [-0.39, 0.29) is 11.4 Å². The van der Waals surface area contributed by atoms with Gasteiger partial charge < -0.3 is 4.42 Å². The van der Waals surface area contributed by atoms with E-state index in [2.05, 4.69) is 0 Å². The van der Waals surface area contributed by atoms with Crippen molar-refractivity contribution in [2.45, 2.75) is 0 Å². The fourth-order valence-electron chi connectivity index (χ4n) is 2.85. The second-order valence-corrected chi connectivity index (χ2v) is 6.12. The van der Waals surface area contributed by atoms with Crippen molar-refractivity contribution >= 4 is 29.6 Å². The molecule has 0 bridgehead atoms. The number of hydrogen-bond donors (Lipinski definition) is 1. The zero-order valence-corrected chi connectivity index (χ0v) is 14.7. The van der Waals surface area contributed by atoms with Crippen LogP contribution < -0.4 is 10.2 Å². The third-order valence-electron chi connectivity index (χ3n) is 4.24. The van der Waals surface area contributed by atoms with Crippen molar-refractivity contribution in [2.24, 2.45) is 0 Å². The first-order valence-corrected chi connectivity index (χ1v) is 8.46. The quantitative estimate of drug-likeness (QED) is 0.540. The van der Waals surface area contributed by atoms with E-state index in [1.165, 1.54) is 48.5 Å². The highest BCUT2D eigenvalue weighted by molar-refractivity contribution is 6.39. The molecule has 1 aliphatic rings. The molecule has 0 unspecified atom stereocenters. The number of nitrogens with zero attached hydrogens (tertiary/aromatic N) is 1. The van der Waals surface area contributed by atoms with Crippen LogP contribution in [0, 0.1) is 11.6 Å². The predicted octanol–water partition coefficient (Wildman–Crippen LogP) is 3.89. The first-order valence-electron chi connectivity index (χ1n) is 8.46. The highest BCUT2D eigenvalue weighted by Gasteiger charge is 2.38. The number of carbonyl (C=O) groups is 3. The third-order valence-corrected chi connectivity index (χ3v) is 4.24. The molecule has 1 aromatic heterocycles. The average Bonchev–Trinajstić information content (AvgIpc) is 3.16. The number of para-hydroxylation sites is 1. The monoisotopic (exact) mass is 394 g/mol. The number of nitrogens with one attached hydrogen (secondary N) is 1. The summed E-state index contributed by atoms with van der Waals surface area (Å²) in [4.78, 5) is 37.6. The number of benzene rings is 2. The highest BCUT2D eigenvalue weighted by Crippen LogP contribution is 2.27. The molecular formula is C21H12F2N2O4. The number of hydrogen-bond acceptors (Lipinski definition) is 4. The lowest BCUT2D eigenvalue weighted by Crippen LogP contribution is -2.54. The molecule has 4 rings (SSSR count). The molecule has 0 spiro atoms. The Morgan fingerprint density at radius 3 is 2.34 bits per heavy atom. The molecule has 6 nitrogen and oxygen atoms in total. The van der Waals surface area contributed by atoms with Crippen LogP contribution in [0.5, 0.6) is 0 Å². The number of furan rings is 1. The summed E-state index contributed by atoms with van der Waals surface area (Å²) < 4.78 is 32.7. The number of halogens is 2. The number of amides is 4. The average molecular weight is 394 g/mol. The van der Waals surface area contributed by atoms with Gasteiger partial charge in [-0.3, -0.25) is 14.9 Å². The van der Waals surface area contributed by atoms with Gasteiger partial charge in [-0.05, 0) is 54.6 Å². The van der Waals surface area contributed by atoms with Gasteiger partial charge in [-0.2, -0.15) is 0 Å². The van der Waals surface area contributed by atoms with Gasteiger partial charge in [0.25, 0.3) is 11.8 Å². The Bertz CT molecular complexity index is 1170. The summed E-state index contributed by atoms with van der Waals surface area (Å²) in [5.74, 6) is -2.55. The van der Waals surface area contributed by atoms with Gasteiger partial charge >= 0.3 is 6.03 Å². The molecule has 2 heterocycles. The summed E-state index contributed by atoms with van der Waals surface area (Å²) in [6.07, 6.45) is 1.16. The minimum Gasteiger partial charge on any atom is -0.457 e. The van der Waals surface area contributed by atoms with Crippen LogP contribution in [0.15, 0.2) is 70.7 Å². The molecule has 1 fully saturated rings. The van der Waals surface area contributed by atoms with Gasteiger partial charge in [0.15, 0.2) is 0 Å². The Kier molecular flexibility index (Phi) is 4.52. The minimum absolute atomic E-state index is 0.158. The van der Waals surface area contributed by atoms with E-state index in [1.807, 2.05) is 5.32 Å². The Morgan fingerprint density at radius 1 is 0.897 bits per heavy atom. The van der Waals surface area contributed by atoms with E-state index >= 15 is 0 Å². The van der Waals surface area contributed by atoms with Gasteiger partial charge in [0.1, 0.15) is 28.7 Å².